The molecule has 0 aliphatic rings. The lowest BCUT2D eigenvalue weighted by Crippen LogP contribution is -2.27. The van der Waals surface area contributed by atoms with Crippen molar-refractivity contribution >= 4 is 37.8 Å². The minimum Gasteiger partial charge on any atom is -0.444 e. The van der Waals surface area contributed by atoms with Gasteiger partial charge in [0.1, 0.15) is 0 Å². The summed E-state index contributed by atoms with van der Waals surface area (Å²) in [5.41, 5.74) is 0. The fraction of sp³-hybridized carbons (Fsp3) is 0.375. The van der Waals surface area contributed by atoms with E-state index in [0.717, 1.165) is 0 Å². The Kier molecular flexibility index (Phi) is 3.99. The summed E-state index contributed by atoms with van der Waals surface area (Å²) in [6.07, 6.45) is 0. The van der Waals surface area contributed by atoms with Gasteiger partial charge in [-0.05, 0) is 28.1 Å². The highest BCUT2D eigenvalue weighted by atomic mass is 79.9. The molecule has 0 aromatic carbocycles. The van der Waals surface area contributed by atoms with Crippen molar-refractivity contribution in [2.75, 3.05) is 6.54 Å². The molecule has 1 heterocycles. The van der Waals surface area contributed by atoms with Crippen LogP contribution in [0.2, 0.25) is 0 Å². The zero-order chi connectivity index (χ0) is 9.84. The van der Waals surface area contributed by atoms with Gasteiger partial charge in [0, 0.05) is 11.4 Å². The maximum atomic E-state index is 11.3. The number of rotatable bonds is 3. The Morgan fingerprint density at radius 1 is 1.69 bits per heavy atom. The van der Waals surface area contributed by atoms with Gasteiger partial charge in [0.25, 0.3) is 5.91 Å². The van der Waals surface area contributed by atoms with Crippen LogP contribution in [0.1, 0.15) is 17.5 Å². The highest BCUT2D eigenvalue weighted by Gasteiger charge is 2.09. The molecule has 1 atom stereocenters. The molecule has 1 aromatic heterocycles. The van der Waals surface area contributed by atoms with Gasteiger partial charge in [-0.25, -0.2) is 0 Å². The van der Waals surface area contributed by atoms with E-state index in [2.05, 4.69) is 37.2 Å². The Labute approximate surface area is 93.1 Å². The second kappa shape index (κ2) is 4.81. The fourth-order valence-electron chi connectivity index (χ4n) is 0.757. The second-order valence-corrected chi connectivity index (χ2v) is 4.94. The summed E-state index contributed by atoms with van der Waals surface area (Å²) in [5.74, 6) is 0.122. The van der Waals surface area contributed by atoms with E-state index in [0.29, 0.717) is 17.0 Å². The average Bonchev–Trinajstić information content (AvgIpc) is 2.47. The molecule has 0 spiro atoms. The zero-order valence-electron chi connectivity index (χ0n) is 7.01. The Morgan fingerprint density at radius 3 is 2.85 bits per heavy atom. The predicted molar refractivity (Wildman–Crippen MR) is 57.1 cm³/mol. The summed E-state index contributed by atoms with van der Waals surface area (Å²) in [6, 6.07) is 3.31. The van der Waals surface area contributed by atoms with Crippen LogP contribution in [0.25, 0.3) is 0 Å². The molecule has 1 amide bonds. The third kappa shape index (κ3) is 3.52. The summed E-state index contributed by atoms with van der Waals surface area (Å²) >= 11 is 6.45. The molecule has 1 unspecified atom stereocenters. The van der Waals surface area contributed by atoms with Gasteiger partial charge in [-0.3, -0.25) is 4.79 Å². The molecule has 0 fully saturated rings. The first-order valence-corrected chi connectivity index (χ1v) is 5.48. The van der Waals surface area contributed by atoms with Crippen molar-refractivity contribution in [3.05, 3.63) is 22.6 Å². The molecule has 0 bridgehead atoms. The Hall–Kier alpha value is -0.290. The molecule has 0 saturated carbocycles. The van der Waals surface area contributed by atoms with Gasteiger partial charge >= 0.3 is 0 Å². The highest BCUT2D eigenvalue weighted by molar-refractivity contribution is 9.10. The van der Waals surface area contributed by atoms with Crippen molar-refractivity contribution < 1.29 is 9.21 Å². The van der Waals surface area contributed by atoms with Crippen LogP contribution in [0, 0.1) is 0 Å². The molecule has 0 aliphatic heterocycles. The summed E-state index contributed by atoms with van der Waals surface area (Å²) in [4.78, 5) is 11.6. The lowest BCUT2D eigenvalue weighted by molar-refractivity contribution is 0.0925. The van der Waals surface area contributed by atoms with Crippen LogP contribution in [-0.2, 0) is 0 Å². The smallest absolute Gasteiger partial charge is 0.287 e. The predicted octanol–water partition coefficient (Wildman–Crippen LogP) is 2.56. The second-order valence-electron chi connectivity index (χ2n) is 2.59. The van der Waals surface area contributed by atoms with E-state index < -0.39 is 0 Å². The van der Waals surface area contributed by atoms with Crippen LogP contribution in [0.3, 0.4) is 0 Å². The molecule has 72 valence electrons. The molecule has 13 heavy (non-hydrogen) atoms. The quantitative estimate of drug-likeness (QED) is 0.872. The summed E-state index contributed by atoms with van der Waals surface area (Å²) in [6.45, 7) is 2.54. The lowest BCUT2D eigenvalue weighted by Gasteiger charge is -2.03. The molecular weight excluding hydrogens is 302 g/mol. The van der Waals surface area contributed by atoms with E-state index in [4.69, 9.17) is 4.42 Å². The van der Waals surface area contributed by atoms with Crippen LogP contribution in [0.5, 0.6) is 0 Å². The first-order chi connectivity index (χ1) is 6.09. The maximum absolute atomic E-state index is 11.3. The van der Waals surface area contributed by atoms with E-state index >= 15 is 0 Å². The Balaban J connectivity index is 2.49. The number of carbonyl (C=O) groups excluding carboxylic acids is 1. The van der Waals surface area contributed by atoms with Gasteiger partial charge in [0.2, 0.25) is 0 Å². The molecule has 3 nitrogen and oxygen atoms in total. The third-order valence-electron chi connectivity index (χ3n) is 1.34. The van der Waals surface area contributed by atoms with E-state index in [1.807, 2.05) is 6.92 Å². The van der Waals surface area contributed by atoms with Crippen LogP contribution in [-0.4, -0.2) is 17.3 Å². The van der Waals surface area contributed by atoms with Gasteiger partial charge in [-0.15, -0.1) is 0 Å². The van der Waals surface area contributed by atoms with Gasteiger partial charge in [-0.2, -0.15) is 0 Å². The first kappa shape index (κ1) is 10.8. The average molecular weight is 311 g/mol. The summed E-state index contributed by atoms with van der Waals surface area (Å²) in [5, 5.41) is 2.71. The van der Waals surface area contributed by atoms with Crippen molar-refractivity contribution in [1.82, 2.24) is 5.32 Å². The molecule has 1 rings (SSSR count). The van der Waals surface area contributed by atoms with Gasteiger partial charge < -0.3 is 9.73 Å². The van der Waals surface area contributed by atoms with Crippen molar-refractivity contribution in [3.63, 3.8) is 0 Å². The number of carbonyl (C=O) groups is 1. The Bertz CT molecular complexity index is 296. The molecule has 0 aliphatic carbocycles. The number of amides is 1. The van der Waals surface area contributed by atoms with E-state index in [9.17, 15) is 4.79 Å². The van der Waals surface area contributed by atoms with Crippen LogP contribution in [0.4, 0.5) is 0 Å². The van der Waals surface area contributed by atoms with Crippen LogP contribution < -0.4 is 5.32 Å². The van der Waals surface area contributed by atoms with Crippen LogP contribution >= 0.6 is 31.9 Å². The van der Waals surface area contributed by atoms with Gasteiger partial charge in [0.05, 0.1) is 0 Å². The highest BCUT2D eigenvalue weighted by Crippen LogP contribution is 2.13. The Morgan fingerprint density at radius 2 is 2.38 bits per heavy atom. The minimum atomic E-state index is -0.197. The largest absolute Gasteiger partial charge is 0.444 e. The minimum absolute atomic E-state index is 0.197. The number of hydrogen-bond donors (Lipinski definition) is 1. The standard InChI is InChI=1S/C8H9Br2NO2/c1-5(9)4-11-8(12)6-2-3-7(10)13-6/h2-3,5H,4H2,1H3,(H,11,12). The topological polar surface area (TPSA) is 42.2 Å². The summed E-state index contributed by atoms with van der Waals surface area (Å²) < 4.78 is 5.63. The number of furan rings is 1. The molecule has 0 saturated heterocycles. The molecular formula is C8H9Br2NO2. The summed E-state index contributed by atoms with van der Waals surface area (Å²) in [7, 11) is 0. The fourth-order valence-corrected chi connectivity index (χ4v) is 1.23. The molecule has 0 radical (unpaired) electrons. The van der Waals surface area contributed by atoms with Gasteiger partial charge in [0.15, 0.2) is 10.4 Å². The van der Waals surface area contributed by atoms with E-state index in [-0.39, 0.29) is 10.7 Å². The number of halogens is 2. The number of nitrogens with one attached hydrogen (secondary N) is 1. The maximum Gasteiger partial charge on any atom is 0.287 e. The zero-order valence-corrected chi connectivity index (χ0v) is 10.2. The third-order valence-corrected chi connectivity index (χ3v) is 2.09. The first-order valence-electron chi connectivity index (χ1n) is 3.77. The van der Waals surface area contributed by atoms with Crippen molar-refractivity contribution in [2.24, 2.45) is 0 Å². The lowest BCUT2D eigenvalue weighted by atomic mass is 10.4. The monoisotopic (exact) mass is 309 g/mol. The number of hydrogen-bond acceptors (Lipinski definition) is 2. The van der Waals surface area contributed by atoms with Gasteiger partial charge in [-0.1, -0.05) is 22.9 Å². The molecule has 1 aromatic rings. The van der Waals surface area contributed by atoms with Crippen molar-refractivity contribution in [1.29, 1.82) is 0 Å². The van der Waals surface area contributed by atoms with Crippen molar-refractivity contribution in [2.45, 2.75) is 11.8 Å². The number of alkyl halides is 1. The van der Waals surface area contributed by atoms with Crippen molar-refractivity contribution in [3.8, 4) is 0 Å². The SMILES string of the molecule is CC(Br)CNC(=O)c1ccc(Br)o1. The molecule has 1 N–H and O–H groups in total. The molecule has 5 heteroatoms. The van der Waals surface area contributed by atoms with Crippen LogP contribution in [0.15, 0.2) is 21.2 Å². The normalized spacial score (nSPS) is 12.5. The van der Waals surface area contributed by atoms with E-state index in [1.165, 1.54) is 0 Å². The van der Waals surface area contributed by atoms with E-state index in [1.54, 1.807) is 12.1 Å².